The maximum Gasteiger partial charge on any atom is 0.132 e. The number of hydrogen-bond acceptors (Lipinski definition) is 1. The summed E-state index contributed by atoms with van der Waals surface area (Å²) in [5.41, 5.74) is 0.771. The molecule has 1 N–H and O–H groups in total. The van der Waals surface area contributed by atoms with Crippen molar-refractivity contribution in [2.24, 2.45) is 5.92 Å². The van der Waals surface area contributed by atoms with Crippen molar-refractivity contribution >= 4 is 33.1 Å². The second kappa shape index (κ2) is 4.83. The second-order valence-corrected chi connectivity index (χ2v) is 5.34. The lowest BCUT2D eigenvalue weighted by Gasteiger charge is -2.24. The third-order valence-corrected chi connectivity index (χ3v) is 4.08. The normalized spacial score (nSPS) is 24.2. The van der Waals surface area contributed by atoms with E-state index in [4.69, 9.17) is 11.6 Å². The number of aliphatic hydroxyl groups is 1. The Morgan fingerprint density at radius 3 is 2.76 bits per heavy atom. The standard InChI is InChI=1S/C13H11BrClFO/c1-7-5-6-10(17)12(13(7)15)11-8(14)3-2-4-9(11)16/h2-7,13,17H,1H3. The summed E-state index contributed by atoms with van der Waals surface area (Å²) in [4.78, 5) is 0. The lowest BCUT2D eigenvalue weighted by molar-refractivity contribution is 0.427. The number of allylic oxidation sites excluding steroid dienone is 3. The second-order valence-electron chi connectivity index (χ2n) is 4.02. The van der Waals surface area contributed by atoms with Crippen LogP contribution in [0.3, 0.4) is 0 Å². The molecule has 0 radical (unpaired) electrons. The Bertz CT molecular complexity index is 490. The number of aliphatic hydroxyl groups excluding tert-OH is 1. The van der Waals surface area contributed by atoms with E-state index in [0.717, 1.165) is 0 Å². The molecule has 2 rings (SSSR count). The first kappa shape index (κ1) is 12.7. The molecule has 1 nitrogen and oxygen atoms in total. The van der Waals surface area contributed by atoms with Crippen LogP contribution < -0.4 is 0 Å². The highest BCUT2D eigenvalue weighted by molar-refractivity contribution is 9.10. The fraction of sp³-hybridized carbons (Fsp3) is 0.231. The van der Waals surface area contributed by atoms with E-state index in [9.17, 15) is 9.50 Å². The van der Waals surface area contributed by atoms with Gasteiger partial charge in [0.1, 0.15) is 11.6 Å². The Hall–Kier alpha value is -0.800. The summed E-state index contributed by atoms with van der Waals surface area (Å²) in [6, 6.07) is 4.68. The summed E-state index contributed by atoms with van der Waals surface area (Å²) in [5.74, 6) is -0.322. The predicted octanol–water partition coefficient (Wildman–Crippen LogP) is 4.67. The van der Waals surface area contributed by atoms with Crippen molar-refractivity contribution < 1.29 is 9.50 Å². The summed E-state index contributed by atoms with van der Waals surface area (Å²) in [5, 5.41) is 9.44. The quantitative estimate of drug-likeness (QED) is 0.746. The van der Waals surface area contributed by atoms with E-state index in [1.807, 2.05) is 13.0 Å². The van der Waals surface area contributed by atoms with Gasteiger partial charge in [-0.15, -0.1) is 11.6 Å². The first-order valence-corrected chi connectivity index (χ1v) is 6.45. The molecule has 2 atom stereocenters. The van der Waals surface area contributed by atoms with E-state index in [2.05, 4.69) is 15.9 Å². The monoisotopic (exact) mass is 316 g/mol. The smallest absolute Gasteiger partial charge is 0.132 e. The minimum atomic E-state index is -0.437. The molecule has 0 fully saturated rings. The molecule has 0 aliphatic heterocycles. The van der Waals surface area contributed by atoms with Crippen molar-refractivity contribution in [3.8, 4) is 0 Å². The lowest BCUT2D eigenvalue weighted by Crippen LogP contribution is -2.17. The van der Waals surface area contributed by atoms with Crippen molar-refractivity contribution in [2.75, 3.05) is 0 Å². The van der Waals surface area contributed by atoms with Crippen molar-refractivity contribution in [1.82, 2.24) is 0 Å². The van der Waals surface area contributed by atoms with Crippen LogP contribution in [0.4, 0.5) is 4.39 Å². The van der Waals surface area contributed by atoms with Crippen molar-refractivity contribution in [3.05, 3.63) is 52.0 Å². The van der Waals surface area contributed by atoms with E-state index in [0.29, 0.717) is 15.6 Å². The summed E-state index contributed by atoms with van der Waals surface area (Å²) in [7, 11) is 0. The van der Waals surface area contributed by atoms with Gasteiger partial charge in [0.25, 0.3) is 0 Å². The molecule has 90 valence electrons. The van der Waals surface area contributed by atoms with Gasteiger partial charge in [0.2, 0.25) is 0 Å². The first-order valence-electron chi connectivity index (χ1n) is 5.22. The number of alkyl halides is 1. The zero-order valence-electron chi connectivity index (χ0n) is 9.12. The number of hydrogen-bond donors (Lipinski definition) is 1. The average molecular weight is 318 g/mol. The van der Waals surface area contributed by atoms with Crippen LogP contribution in [-0.4, -0.2) is 10.5 Å². The molecule has 0 aromatic heterocycles. The fourth-order valence-electron chi connectivity index (χ4n) is 1.86. The number of benzene rings is 1. The van der Waals surface area contributed by atoms with Gasteiger partial charge in [0.05, 0.1) is 5.38 Å². The zero-order valence-corrected chi connectivity index (χ0v) is 11.5. The van der Waals surface area contributed by atoms with Gasteiger partial charge in [-0.1, -0.05) is 35.0 Å². The zero-order chi connectivity index (χ0) is 12.6. The molecule has 2 unspecified atom stereocenters. The van der Waals surface area contributed by atoms with Gasteiger partial charge >= 0.3 is 0 Å². The van der Waals surface area contributed by atoms with Crippen LogP contribution in [0.2, 0.25) is 0 Å². The van der Waals surface area contributed by atoms with Gasteiger partial charge in [-0.05, 0) is 24.1 Å². The Labute approximate surface area is 113 Å². The van der Waals surface area contributed by atoms with E-state index >= 15 is 0 Å². The Morgan fingerprint density at radius 1 is 1.41 bits per heavy atom. The van der Waals surface area contributed by atoms with Crippen LogP contribution in [0.25, 0.3) is 5.57 Å². The van der Waals surface area contributed by atoms with Crippen LogP contribution in [0, 0.1) is 11.7 Å². The molecule has 17 heavy (non-hydrogen) atoms. The van der Waals surface area contributed by atoms with E-state index in [-0.39, 0.29) is 11.7 Å². The SMILES string of the molecule is CC1C=CC(O)=C(c2c(F)cccc2Br)C1Cl. The first-order chi connectivity index (χ1) is 8.02. The molecule has 0 heterocycles. The number of rotatable bonds is 1. The van der Waals surface area contributed by atoms with Gasteiger partial charge in [0.15, 0.2) is 0 Å². The molecule has 0 amide bonds. The highest BCUT2D eigenvalue weighted by Gasteiger charge is 2.28. The number of halogens is 3. The van der Waals surface area contributed by atoms with Gasteiger partial charge in [-0.3, -0.25) is 0 Å². The van der Waals surface area contributed by atoms with Crippen LogP contribution in [0.5, 0.6) is 0 Å². The van der Waals surface area contributed by atoms with E-state index in [1.165, 1.54) is 6.07 Å². The Balaban J connectivity index is 2.63. The minimum absolute atomic E-state index is 0.0221. The molecule has 0 saturated carbocycles. The summed E-state index contributed by atoms with van der Waals surface area (Å²) >= 11 is 9.54. The lowest BCUT2D eigenvalue weighted by atomic mass is 9.89. The Kier molecular flexibility index (Phi) is 3.59. The van der Waals surface area contributed by atoms with Crippen molar-refractivity contribution in [1.29, 1.82) is 0 Å². The molecule has 4 heteroatoms. The third kappa shape index (κ3) is 2.26. The molecule has 1 aromatic carbocycles. The van der Waals surface area contributed by atoms with Crippen molar-refractivity contribution in [3.63, 3.8) is 0 Å². The fourth-order valence-corrected chi connectivity index (χ4v) is 2.72. The molecule has 0 bridgehead atoms. The highest BCUT2D eigenvalue weighted by atomic mass is 79.9. The van der Waals surface area contributed by atoms with E-state index < -0.39 is 11.2 Å². The predicted molar refractivity (Wildman–Crippen MR) is 71.6 cm³/mol. The molecule has 1 aromatic rings. The molecular formula is C13H11BrClFO. The largest absolute Gasteiger partial charge is 0.508 e. The summed E-state index contributed by atoms with van der Waals surface area (Å²) < 4.78 is 14.4. The van der Waals surface area contributed by atoms with Crippen molar-refractivity contribution in [2.45, 2.75) is 12.3 Å². The van der Waals surface area contributed by atoms with Crippen LogP contribution in [-0.2, 0) is 0 Å². The third-order valence-electron chi connectivity index (χ3n) is 2.80. The van der Waals surface area contributed by atoms with Gasteiger partial charge in [-0.25, -0.2) is 4.39 Å². The highest BCUT2D eigenvalue weighted by Crippen LogP contribution is 2.38. The van der Waals surface area contributed by atoms with E-state index in [1.54, 1.807) is 18.2 Å². The summed E-state index contributed by atoms with van der Waals surface area (Å²) in [6.45, 7) is 1.93. The van der Waals surface area contributed by atoms with Crippen LogP contribution in [0.15, 0.2) is 40.6 Å². The molecular weight excluding hydrogens is 306 g/mol. The molecule has 0 spiro atoms. The topological polar surface area (TPSA) is 20.2 Å². The van der Waals surface area contributed by atoms with Gasteiger partial charge < -0.3 is 5.11 Å². The Morgan fingerprint density at radius 2 is 2.12 bits per heavy atom. The minimum Gasteiger partial charge on any atom is -0.508 e. The molecule has 0 saturated heterocycles. The maximum absolute atomic E-state index is 13.9. The van der Waals surface area contributed by atoms with Crippen LogP contribution in [0.1, 0.15) is 12.5 Å². The average Bonchev–Trinajstić information content (AvgIpc) is 2.28. The molecule has 1 aliphatic rings. The van der Waals surface area contributed by atoms with Gasteiger partial charge in [-0.2, -0.15) is 0 Å². The molecule has 1 aliphatic carbocycles. The van der Waals surface area contributed by atoms with Gasteiger partial charge in [0, 0.05) is 15.6 Å². The summed E-state index contributed by atoms with van der Waals surface area (Å²) in [6.07, 6.45) is 3.38. The van der Waals surface area contributed by atoms with Crippen LogP contribution >= 0.6 is 27.5 Å². The maximum atomic E-state index is 13.9.